The van der Waals surface area contributed by atoms with Gasteiger partial charge in [0.15, 0.2) is 0 Å². The third kappa shape index (κ3) is 2.27. The second kappa shape index (κ2) is 5.29. The molecule has 1 amide bonds. The van der Waals surface area contributed by atoms with Gasteiger partial charge in [-0.15, -0.1) is 0 Å². The number of carbonyl (C=O) groups excluding carboxylic acids is 1. The molecule has 112 valence electrons. The summed E-state index contributed by atoms with van der Waals surface area (Å²) in [5, 5.41) is 3.57. The van der Waals surface area contributed by atoms with E-state index in [0.29, 0.717) is 5.56 Å². The second-order valence-corrected chi connectivity index (χ2v) is 5.69. The average molecular weight is 300 g/mol. The number of hydrogen-bond acceptors (Lipinski definition) is 2. The molecular weight excluding hydrogens is 284 g/mol. The van der Waals surface area contributed by atoms with Crippen LogP contribution < -0.4 is 11.1 Å². The number of anilines is 1. The van der Waals surface area contributed by atoms with Crippen molar-refractivity contribution < 1.29 is 4.79 Å². The number of fused-ring (bicyclic) bond motifs is 3. The number of carbonyl (C=O) groups is 1. The lowest BCUT2D eigenvalue weighted by Gasteiger charge is -2.17. The van der Waals surface area contributed by atoms with Crippen LogP contribution in [0.1, 0.15) is 27.5 Å². The van der Waals surface area contributed by atoms with E-state index in [1.54, 1.807) is 12.1 Å². The van der Waals surface area contributed by atoms with Crippen LogP contribution >= 0.6 is 0 Å². The maximum absolute atomic E-state index is 11.2. The fourth-order valence-corrected chi connectivity index (χ4v) is 3.21. The summed E-state index contributed by atoms with van der Waals surface area (Å²) in [4.78, 5) is 11.2. The minimum absolute atomic E-state index is 0.113. The summed E-state index contributed by atoms with van der Waals surface area (Å²) in [6, 6.07) is 24.3. The Labute approximate surface area is 134 Å². The molecule has 4 rings (SSSR count). The molecule has 0 aromatic heterocycles. The van der Waals surface area contributed by atoms with Crippen LogP contribution in [-0.2, 0) is 0 Å². The lowest BCUT2D eigenvalue weighted by atomic mass is 10.0. The van der Waals surface area contributed by atoms with Crippen LogP contribution in [0.4, 0.5) is 5.69 Å². The first kappa shape index (κ1) is 13.6. The van der Waals surface area contributed by atoms with Gasteiger partial charge in [-0.25, -0.2) is 0 Å². The van der Waals surface area contributed by atoms with Gasteiger partial charge in [-0.1, -0.05) is 48.5 Å². The third-order valence-electron chi connectivity index (χ3n) is 4.31. The molecule has 0 aliphatic heterocycles. The van der Waals surface area contributed by atoms with Crippen molar-refractivity contribution in [2.75, 3.05) is 5.32 Å². The van der Waals surface area contributed by atoms with Gasteiger partial charge in [0.05, 0.1) is 6.04 Å². The molecule has 0 radical (unpaired) electrons. The highest BCUT2D eigenvalue weighted by atomic mass is 16.1. The zero-order chi connectivity index (χ0) is 15.8. The van der Waals surface area contributed by atoms with Gasteiger partial charge in [0.25, 0.3) is 0 Å². The Morgan fingerprint density at radius 1 is 0.783 bits per heavy atom. The second-order valence-electron chi connectivity index (χ2n) is 5.69. The Kier molecular flexibility index (Phi) is 3.12. The molecule has 3 aromatic carbocycles. The molecule has 0 spiro atoms. The van der Waals surface area contributed by atoms with Crippen molar-refractivity contribution in [3.8, 4) is 11.1 Å². The largest absolute Gasteiger partial charge is 0.374 e. The Hall–Kier alpha value is -3.07. The number of benzene rings is 3. The summed E-state index contributed by atoms with van der Waals surface area (Å²) in [6.45, 7) is 0. The van der Waals surface area contributed by atoms with E-state index in [9.17, 15) is 4.79 Å². The van der Waals surface area contributed by atoms with Crippen molar-refractivity contribution in [2.45, 2.75) is 6.04 Å². The first-order valence-corrected chi connectivity index (χ1v) is 7.58. The summed E-state index contributed by atoms with van der Waals surface area (Å²) in [5.74, 6) is -0.409. The topological polar surface area (TPSA) is 55.1 Å². The van der Waals surface area contributed by atoms with Gasteiger partial charge < -0.3 is 11.1 Å². The van der Waals surface area contributed by atoms with Gasteiger partial charge >= 0.3 is 0 Å². The van der Waals surface area contributed by atoms with Gasteiger partial charge in [-0.05, 0) is 46.5 Å². The molecule has 1 aliphatic rings. The van der Waals surface area contributed by atoms with Crippen molar-refractivity contribution in [1.29, 1.82) is 0 Å². The summed E-state index contributed by atoms with van der Waals surface area (Å²) < 4.78 is 0. The van der Waals surface area contributed by atoms with E-state index in [-0.39, 0.29) is 6.04 Å². The monoisotopic (exact) mass is 300 g/mol. The molecular formula is C20H16N2O. The fourth-order valence-electron chi connectivity index (χ4n) is 3.21. The SMILES string of the molecule is NC(=O)c1ccc(NC2c3ccccc3-c3ccccc32)cc1. The van der Waals surface area contributed by atoms with Crippen molar-refractivity contribution in [3.05, 3.63) is 89.5 Å². The number of nitrogens with two attached hydrogens (primary N) is 1. The molecule has 3 aromatic rings. The van der Waals surface area contributed by atoms with E-state index in [1.165, 1.54) is 22.3 Å². The van der Waals surface area contributed by atoms with Gasteiger partial charge in [-0.2, -0.15) is 0 Å². The maximum Gasteiger partial charge on any atom is 0.248 e. The maximum atomic E-state index is 11.2. The van der Waals surface area contributed by atoms with E-state index in [2.05, 4.69) is 53.8 Å². The Morgan fingerprint density at radius 3 is 1.83 bits per heavy atom. The first-order chi connectivity index (χ1) is 11.2. The van der Waals surface area contributed by atoms with E-state index in [1.807, 2.05) is 12.1 Å². The predicted octanol–water partition coefficient (Wildman–Crippen LogP) is 3.97. The highest BCUT2D eigenvalue weighted by Gasteiger charge is 2.27. The molecule has 0 bridgehead atoms. The Morgan fingerprint density at radius 2 is 1.30 bits per heavy atom. The number of rotatable bonds is 3. The van der Waals surface area contributed by atoms with Crippen LogP contribution in [0, 0.1) is 0 Å². The van der Waals surface area contributed by atoms with Crippen molar-refractivity contribution in [2.24, 2.45) is 5.73 Å². The van der Waals surface area contributed by atoms with Crippen LogP contribution in [0.5, 0.6) is 0 Å². The Balaban J connectivity index is 1.73. The van der Waals surface area contributed by atoms with Crippen LogP contribution in [0.25, 0.3) is 11.1 Å². The van der Waals surface area contributed by atoms with Gasteiger partial charge in [-0.3, -0.25) is 4.79 Å². The van der Waals surface area contributed by atoms with Crippen LogP contribution in [0.15, 0.2) is 72.8 Å². The third-order valence-corrected chi connectivity index (χ3v) is 4.31. The molecule has 0 heterocycles. The smallest absolute Gasteiger partial charge is 0.248 e. The first-order valence-electron chi connectivity index (χ1n) is 7.58. The normalized spacial score (nSPS) is 12.5. The number of primary amides is 1. The minimum atomic E-state index is -0.409. The molecule has 23 heavy (non-hydrogen) atoms. The van der Waals surface area contributed by atoms with Crippen LogP contribution in [-0.4, -0.2) is 5.91 Å². The molecule has 3 heteroatoms. The lowest BCUT2D eigenvalue weighted by Crippen LogP contribution is -2.12. The van der Waals surface area contributed by atoms with Crippen LogP contribution in [0.3, 0.4) is 0 Å². The lowest BCUT2D eigenvalue weighted by molar-refractivity contribution is 0.100. The van der Waals surface area contributed by atoms with Gasteiger partial charge in [0.1, 0.15) is 0 Å². The minimum Gasteiger partial charge on any atom is -0.374 e. The average Bonchev–Trinajstić information content (AvgIpc) is 2.90. The van der Waals surface area contributed by atoms with E-state index in [0.717, 1.165) is 5.69 Å². The van der Waals surface area contributed by atoms with Crippen molar-refractivity contribution >= 4 is 11.6 Å². The molecule has 3 N–H and O–H groups in total. The van der Waals surface area contributed by atoms with E-state index < -0.39 is 5.91 Å². The Bertz CT molecular complexity index is 839. The highest BCUT2D eigenvalue weighted by Crippen LogP contribution is 2.44. The molecule has 0 atom stereocenters. The molecule has 0 saturated heterocycles. The molecule has 1 aliphatic carbocycles. The van der Waals surface area contributed by atoms with Crippen LogP contribution in [0.2, 0.25) is 0 Å². The number of nitrogens with one attached hydrogen (secondary N) is 1. The fraction of sp³-hybridized carbons (Fsp3) is 0.0500. The summed E-state index contributed by atoms with van der Waals surface area (Å²) in [5.41, 5.74) is 11.9. The quantitative estimate of drug-likeness (QED) is 0.769. The van der Waals surface area contributed by atoms with Gasteiger partial charge in [0.2, 0.25) is 5.91 Å². The molecule has 0 fully saturated rings. The predicted molar refractivity (Wildman–Crippen MR) is 92.3 cm³/mol. The molecule has 0 saturated carbocycles. The number of amides is 1. The number of hydrogen-bond donors (Lipinski definition) is 2. The van der Waals surface area contributed by atoms with Gasteiger partial charge in [0, 0.05) is 11.3 Å². The highest BCUT2D eigenvalue weighted by molar-refractivity contribution is 5.93. The molecule has 0 unspecified atom stereocenters. The van der Waals surface area contributed by atoms with Crippen molar-refractivity contribution in [3.63, 3.8) is 0 Å². The molecule has 3 nitrogen and oxygen atoms in total. The summed E-state index contributed by atoms with van der Waals surface area (Å²) >= 11 is 0. The summed E-state index contributed by atoms with van der Waals surface area (Å²) in [6.07, 6.45) is 0. The van der Waals surface area contributed by atoms with E-state index in [4.69, 9.17) is 5.73 Å². The standard InChI is InChI=1S/C20H16N2O/c21-20(23)13-9-11-14(12-10-13)22-19-17-7-3-1-5-15(17)16-6-2-4-8-18(16)19/h1-12,19,22H,(H2,21,23). The summed E-state index contributed by atoms with van der Waals surface area (Å²) in [7, 11) is 0. The zero-order valence-corrected chi connectivity index (χ0v) is 12.5. The van der Waals surface area contributed by atoms with E-state index >= 15 is 0 Å². The van der Waals surface area contributed by atoms with Crippen molar-refractivity contribution in [1.82, 2.24) is 0 Å². The zero-order valence-electron chi connectivity index (χ0n) is 12.5.